The highest BCUT2D eigenvalue weighted by atomic mass is 35.5. The van der Waals surface area contributed by atoms with E-state index in [2.05, 4.69) is 10.3 Å². The summed E-state index contributed by atoms with van der Waals surface area (Å²) in [5.41, 5.74) is 1.35. The molecule has 0 radical (unpaired) electrons. The van der Waals surface area contributed by atoms with Crippen molar-refractivity contribution in [2.24, 2.45) is 4.99 Å². The minimum absolute atomic E-state index is 0.222. The third-order valence-corrected chi connectivity index (χ3v) is 4.67. The van der Waals surface area contributed by atoms with Gasteiger partial charge in [0.15, 0.2) is 16.7 Å². The highest BCUT2D eigenvalue weighted by Gasteiger charge is 2.24. The van der Waals surface area contributed by atoms with Crippen molar-refractivity contribution < 1.29 is 14.3 Å². The topological polar surface area (TPSA) is 59.9 Å². The summed E-state index contributed by atoms with van der Waals surface area (Å²) in [5, 5.41) is 3.74. The number of thioether (sulfide) groups is 1. The highest BCUT2D eigenvalue weighted by Crippen LogP contribution is 2.35. The number of amidine groups is 1. The SMILES string of the molecule is COc1cccc(C=C2SC(=Nc3ccccc3Cl)NC2=O)c1OC. The summed E-state index contributed by atoms with van der Waals surface area (Å²) >= 11 is 7.35. The summed E-state index contributed by atoms with van der Waals surface area (Å²) in [6.45, 7) is 0. The number of carbonyl (C=O) groups excluding carboxylic acids is 1. The minimum atomic E-state index is -0.222. The van der Waals surface area contributed by atoms with Crippen LogP contribution in [0.3, 0.4) is 0 Å². The number of hydrogen-bond acceptors (Lipinski definition) is 5. The van der Waals surface area contributed by atoms with E-state index in [9.17, 15) is 4.79 Å². The molecule has 0 bridgehead atoms. The summed E-state index contributed by atoms with van der Waals surface area (Å²) in [4.78, 5) is 17.1. The van der Waals surface area contributed by atoms with Gasteiger partial charge in [0.2, 0.25) is 0 Å². The van der Waals surface area contributed by atoms with Crippen molar-refractivity contribution in [3.63, 3.8) is 0 Å². The van der Waals surface area contributed by atoms with Crippen LogP contribution in [0.15, 0.2) is 52.4 Å². The van der Waals surface area contributed by atoms with E-state index in [1.807, 2.05) is 24.3 Å². The zero-order valence-corrected chi connectivity index (χ0v) is 15.1. The molecule has 2 aromatic rings. The van der Waals surface area contributed by atoms with E-state index in [4.69, 9.17) is 21.1 Å². The molecule has 128 valence electrons. The first-order valence-electron chi connectivity index (χ1n) is 7.37. The van der Waals surface area contributed by atoms with Crippen LogP contribution in [-0.2, 0) is 4.79 Å². The van der Waals surface area contributed by atoms with Gasteiger partial charge in [0.25, 0.3) is 5.91 Å². The molecule has 5 nitrogen and oxygen atoms in total. The molecule has 0 atom stereocenters. The summed E-state index contributed by atoms with van der Waals surface area (Å²) < 4.78 is 10.7. The monoisotopic (exact) mass is 374 g/mol. The first kappa shape index (κ1) is 17.4. The number of aliphatic imine (C=N–C) groups is 1. The Bertz CT molecular complexity index is 880. The third-order valence-electron chi connectivity index (χ3n) is 3.45. The van der Waals surface area contributed by atoms with Gasteiger partial charge in [-0.15, -0.1) is 0 Å². The van der Waals surface area contributed by atoms with Crippen molar-refractivity contribution in [3.05, 3.63) is 58.0 Å². The molecule has 2 aromatic carbocycles. The average molecular weight is 375 g/mol. The van der Waals surface area contributed by atoms with E-state index in [0.717, 1.165) is 5.56 Å². The van der Waals surface area contributed by atoms with Crippen LogP contribution in [0, 0.1) is 0 Å². The number of nitrogens with zero attached hydrogens (tertiary/aromatic N) is 1. The Labute approximate surface area is 154 Å². The summed E-state index contributed by atoms with van der Waals surface area (Å²) in [7, 11) is 3.13. The molecular formula is C18H15ClN2O3S. The number of ether oxygens (including phenoxy) is 2. The van der Waals surface area contributed by atoms with Gasteiger partial charge in [-0.2, -0.15) is 0 Å². The number of rotatable bonds is 4. The molecule has 25 heavy (non-hydrogen) atoms. The molecule has 0 aliphatic carbocycles. The predicted molar refractivity (Wildman–Crippen MR) is 102 cm³/mol. The number of amides is 1. The molecule has 0 saturated carbocycles. The molecule has 0 unspecified atom stereocenters. The van der Waals surface area contributed by atoms with Gasteiger partial charge < -0.3 is 14.8 Å². The van der Waals surface area contributed by atoms with Gasteiger partial charge in [0.05, 0.1) is 29.8 Å². The van der Waals surface area contributed by atoms with Crippen molar-refractivity contribution >= 4 is 46.2 Å². The molecule has 0 spiro atoms. The molecule has 1 heterocycles. The summed E-state index contributed by atoms with van der Waals surface area (Å²) in [5.74, 6) is 0.952. The fourth-order valence-corrected chi connectivity index (χ4v) is 3.30. The van der Waals surface area contributed by atoms with Gasteiger partial charge in [0, 0.05) is 5.56 Å². The standard InChI is InChI=1S/C18H15ClN2O3S/c1-23-14-9-5-6-11(16(14)24-2)10-15-17(22)21-18(25-15)20-13-8-4-3-7-12(13)19/h3-10H,1-2H3,(H,20,21,22). The maximum absolute atomic E-state index is 12.2. The van der Waals surface area contributed by atoms with Crippen LogP contribution in [0.25, 0.3) is 6.08 Å². The van der Waals surface area contributed by atoms with E-state index < -0.39 is 0 Å². The highest BCUT2D eigenvalue weighted by molar-refractivity contribution is 8.18. The lowest BCUT2D eigenvalue weighted by Crippen LogP contribution is -2.19. The lowest BCUT2D eigenvalue weighted by Gasteiger charge is -2.10. The van der Waals surface area contributed by atoms with Gasteiger partial charge in [-0.25, -0.2) is 4.99 Å². The Morgan fingerprint density at radius 2 is 1.92 bits per heavy atom. The maximum atomic E-state index is 12.2. The fourth-order valence-electron chi connectivity index (χ4n) is 2.30. The zero-order chi connectivity index (χ0) is 17.8. The van der Waals surface area contributed by atoms with Crippen LogP contribution in [0.2, 0.25) is 5.02 Å². The van der Waals surface area contributed by atoms with E-state index >= 15 is 0 Å². The molecule has 1 N–H and O–H groups in total. The van der Waals surface area contributed by atoms with Gasteiger partial charge >= 0.3 is 0 Å². The molecule has 1 aliphatic rings. The Balaban J connectivity index is 1.91. The number of methoxy groups -OCH3 is 2. The summed E-state index contributed by atoms with van der Waals surface area (Å²) in [6.07, 6.45) is 1.75. The minimum Gasteiger partial charge on any atom is -0.493 e. The molecule has 7 heteroatoms. The molecule has 1 aliphatic heterocycles. The number of halogens is 1. The van der Waals surface area contributed by atoms with Crippen molar-refractivity contribution in [1.29, 1.82) is 0 Å². The summed E-state index contributed by atoms with van der Waals surface area (Å²) in [6, 6.07) is 12.7. The van der Waals surface area contributed by atoms with Crippen LogP contribution >= 0.6 is 23.4 Å². The van der Waals surface area contributed by atoms with Crippen LogP contribution in [0.4, 0.5) is 5.69 Å². The van der Waals surface area contributed by atoms with Gasteiger partial charge in [-0.1, -0.05) is 35.9 Å². The predicted octanol–water partition coefficient (Wildman–Crippen LogP) is 4.25. The Hall–Kier alpha value is -2.44. The zero-order valence-electron chi connectivity index (χ0n) is 13.6. The maximum Gasteiger partial charge on any atom is 0.264 e. The van der Waals surface area contributed by atoms with E-state index in [1.165, 1.54) is 11.8 Å². The molecule has 1 fully saturated rings. The largest absolute Gasteiger partial charge is 0.493 e. The number of para-hydroxylation sites is 2. The lowest BCUT2D eigenvalue weighted by molar-refractivity contribution is -0.115. The van der Waals surface area contributed by atoms with Crippen molar-refractivity contribution in [2.75, 3.05) is 14.2 Å². The van der Waals surface area contributed by atoms with E-state index in [1.54, 1.807) is 38.5 Å². The lowest BCUT2D eigenvalue weighted by atomic mass is 10.1. The molecule has 1 saturated heterocycles. The Morgan fingerprint density at radius 1 is 1.12 bits per heavy atom. The Morgan fingerprint density at radius 3 is 2.64 bits per heavy atom. The van der Waals surface area contributed by atoms with Crippen molar-refractivity contribution in [1.82, 2.24) is 5.32 Å². The first-order valence-corrected chi connectivity index (χ1v) is 8.57. The normalized spacial score (nSPS) is 17.0. The number of benzene rings is 2. The van der Waals surface area contributed by atoms with Crippen LogP contribution in [-0.4, -0.2) is 25.3 Å². The van der Waals surface area contributed by atoms with Gasteiger partial charge in [0.1, 0.15) is 0 Å². The third kappa shape index (κ3) is 3.81. The first-order chi connectivity index (χ1) is 12.1. The molecular weight excluding hydrogens is 360 g/mol. The quantitative estimate of drug-likeness (QED) is 0.813. The fraction of sp³-hybridized carbons (Fsp3) is 0.111. The molecule has 0 aromatic heterocycles. The van der Waals surface area contributed by atoms with Gasteiger partial charge in [-0.3, -0.25) is 4.79 Å². The van der Waals surface area contributed by atoms with Crippen LogP contribution in [0.1, 0.15) is 5.56 Å². The second kappa shape index (κ2) is 7.63. The second-order valence-corrected chi connectivity index (χ2v) is 6.45. The number of nitrogens with one attached hydrogen (secondary N) is 1. The smallest absolute Gasteiger partial charge is 0.264 e. The number of carbonyl (C=O) groups is 1. The van der Waals surface area contributed by atoms with Crippen molar-refractivity contribution in [2.45, 2.75) is 0 Å². The molecule has 3 rings (SSSR count). The van der Waals surface area contributed by atoms with Crippen LogP contribution in [0.5, 0.6) is 11.5 Å². The number of hydrogen-bond donors (Lipinski definition) is 1. The van der Waals surface area contributed by atoms with Crippen molar-refractivity contribution in [3.8, 4) is 11.5 Å². The van der Waals surface area contributed by atoms with Gasteiger partial charge in [-0.05, 0) is 36.0 Å². The van der Waals surface area contributed by atoms with Crippen LogP contribution < -0.4 is 14.8 Å². The second-order valence-electron chi connectivity index (χ2n) is 5.02. The Kier molecular flexibility index (Phi) is 5.31. The molecule has 1 amide bonds. The van der Waals surface area contributed by atoms with E-state index in [-0.39, 0.29) is 5.91 Å². The average Bonchev–Trinajstić information content (AvgIpc) is 2.96. The van der Waals surface area contributed by atoms with E-state index in [0.29, 0.717) is 32.3 Å².